The second kappa shape index (κ2) is 8.05. The van der Waals surface area contributed by atoms with Crippen LogP contribution in [0.15, 0.2) is 30.8 Å². The van der Waals surface area contributed by atoms with Crippen molar-refractivity contribution in [2.75, 3.05) is 37.6 Å². The first kappa shape index (κ1) is 18.8. The molecule has 25 heavy (non-hydrogen) atoms. The fraction of sp³-hybridized carbons (Fsp3) is 0.474. The molecule has 0 aliphatic carbocycles. The number of hydrogen-bond acceptors (Lipinski definition) is 4. The molecule has 1 fully saturated rings. The van der Waals surface area contributed by atoms with Crippen LogP contribution < -0.4 is 10.2 Å². The molecule has 1 aliphatic rings. The van der Waals surface area contributed by atoms with Crippen molar-refractivity contribution < 1.29 is 14.3 Å². The molecule has 2 amide bonds. The predicted molar refractivity (Wildman–Crippen MR) is 99.6 cm³/mol. The Morgan fingerprint density at radius 1 is 1.20 bits per heavy atom. The van der Waals surface area contributed by atoms with Crippen LogP contribution in [0.5, 0.6) is 0 Å². The van der Waals surface area contributed by atoms with Crippen LogP contribution in [0.4, 0.5) is 10.5 Å². The summed E-state index contributed by atoms with van der Waals surface area (Å²) in [5.74, 6) is -0.0949. The van der Waals surface area contributed by atoms with Crippen molar-refractivity contribution in [1.82, 2.24) is 10.2 Å². The minimum atomic E-state index is -0.572. The summed E-state index contributed by atoms with van der Waals surface area (Å²) in [5.41, 5.74) is 1.66. The zero-order valence-electron chi connectivity index (χ0n) is 15.2. The van der Waals surface area contributed by atoms with Gasteiger partial charge in [0.1, 0.15) is 12.1 Å². The van der Waals surface area contributed by atoms with Crippen LogP contribution in [0.1, 0.15) is 26.3 Å². The number of anilines is 1. The molecule has 0 spiro atoms. The maximum Gasteiger partial charge on any atom is 0.408 e. The molecule has 0 radical (unpaired) electrons. The fourth-order valence-corrected chi connectivity index (χ4v) is 2.72. The van der Waals surface area contributed by atoms with Crippen molar-refractivity contribution >= 4 is 23.8 Å². The van der Waals surface area contributed by atoms with Crippen molar-refractivity contribution in [2.24, 2.45) is 0 Å². The first-order chi connectivity index (χ1) is 11.8. The number of carbonyl (C=O) groups is 2. The normalized spacial score (nSPS) is 14.8. The quantitative estimate of drug-likeness (QED) is 0.911. The smallest absolute Gasteiger partial charge is 0.408 e. The Labute approximate surface area is 149 Å². The van der Waals surface area contributed by atoms with Crippen LogP contribution >= 0.6 is 0 Å². The zero-order valence-corrected chi connectivity index (χ0v) is 15.2. The molecule has 1 saturated heterocycles. The Balaban J connectivity index is 1.82. The van der Waals surface area contributed by atoms with Gasteiger partial charge in [-0.05, 0) is 32.4 Å². The molecule has 1 N–H and O–H groups in total. The number of piperazine rings is 1. The summed E-state index contributed by atoms with van der Waals surface area (Å²) in [5, 5.41) is 2.52. The molecule has 1 aromatic carbocycles. The van der Waals surface area contributed by atoms with Crippen molar-refractivity contribution in [2.45, 2.75) is 26.4 Å². The van der Waals surface area contributed by atoms with E-state index in [1.54, 1.807) is 25.7 Å². The molecule has 0 bridgehead atoms. The number of carbonyl (C=O) groups excluding carboxylic acids is 2. The number of para-hydroxylation sites is 1. The second-order valence-electron chi connectivity index (χ2n) is 6.99. The number of ether oxygens (including phenoxy) is 1. The molecule has 6 nitrogen and oxygen atoms in total. The molecule has 0 unspecified atom stereocenters. The molecule has 1 aromatic rings. The molecule has 6 heteroatoms. The Bertz CT molecular complexity index is 629. The van der Waals surface area contributed by atoms with E-state index in [1.807, 2.05) is 24.3 Å². The Morgan fingerprint density at radius 2 is 1.84 bits per heavy atom. The molecule has 0 aromatic heterocycles. The van der Waals surface area contributed by atoms with Gasteiger partial charge < -0.3 is 19.9 Å². The number of rotatable bonds is 4. The number of benzene rings is 1. The summed E-state index contributed by atoms with van der Waals surface area (Å²) < 4.78 is 5.14. The average molecular weight is 345 g/mol. The third-order valence-corrected chi connectivity index (χ3v) is 3.91. The number of alkyl carbamates (subject to hydrolysis) is 1. The summed E-state index contributed by atoms with van der Waals surface area (Å²) in [4.78, 5) is 27.9. The number of hydrogen-bond donors (Lipinski definition) is 1. The molecule has 136 valence electrons. The first-order valence-electron chi connectivity index (χ1n) is 8.51. The summed E-state index contributed by atoms with van der Waals surface area (Å²) in [7, 11) is 0. The number of nitrogens with one attached hydrogen (secondary N) is 1. The monoisotopic (exact) mass is 345 g/mol. The summed E-state index contributed by atoms with van der Waals surface area (Å²) in [6.07, 6.45) is 1.27. The largest absolute Gasteiger partial charge is 0.444 e. The average Bonchev–Trinajstić information content (AvgIpc) is 2.58. The van der Waals surface area contributed by atoms with Crippen LogP contribution in [-0.2, 0) is 9.53 Å². The molecular formula is C19H27N3O3. The topological polar surface area (TPSA) is 61.9 Å². The van der Waals surface area contributed by atoms with E-state index >= 15 is 0 Å². The molecule has 1 aliphatic heterocycles. The minimum Gasteiger partial charge on any atom is -0.444 e. The van der Waals surface area contributed by atoms with Gasteiger partial charge in [0, 0.05) is 31.9 Å². The summed E-state index contributed by atoms with van der Waals surface area (Å²) >= 11 is 0. The van der Waals surface area contributed by atoms with Gasteiger partial charge in [-0.1, -0.05) is 30.9 Å². The third-order valence-electron chi connectivity index (χ3n) is 3.91. The van der Waals surface area contributed by atoms with Crippen LogP contribution in [0.2, 0.25) is 0 Å². The Morgan fingerprint density at radius 3 is 2.44 bits per heavy atom. The van der Waals surface area contributed by atoms with Gasteiger partial charge in [0.25, 0.3) is 0 Å². The SMILES string of the molecule is C=Cc1ccccc1N1CCN(C(=O)CNC(=O)OC(C)(C)C)CC1. The summed E-state index contributed by atoms with van der Waals surface area (Å²) in [6.45, 7) is 11.9. The van der Waals surface area contributed by atoms with E-state index in [4.69, 9.17) is 4.74 Å². The van der Waals surface area contributed by atoms with Crippen molar-refractivity contribution in [3.8, 4) is 0 Å². The summed E-state index contributed by atoms with van der Waals surface area (Å²) in [6, 6.07) is 8.09. The van der Waals surface area contributed by atoms with Crippen LogP contribution in [0.3, 0.4) is 0 Å². The Kier molecular flexibility index (Phi) is 6.07. The molecule has 0 atom stereocenters. The maximum absolute atomic E-state index is 12.3. The molecule has 2 rings (SSSR count). The van der Waals surface area contributed by atoms with Gasteiger partial charge in [-0.2, -0.15) is 0 Å². The van der Waals surface area contributed by atoms with Gasteiger partial charge in [0.15, 0.2) is 0 Å². The van der Waals surface area contributed by atoms with E-state index in [1.165, 1.54) is 0 Å². The van der Waals surface area contributed by atoms with Crippen molar-refractivity contribution in [3.05, 3.63) is 36.4 Å². The van der Waals surface area contributed by atoms with E-state index in [2.05, 4.69) is 22.9 Å². The minimum absolute atomic E-state index is 0.0435. The lowest BCUT2D eigenvalue weighted by molar-refractivity contribution is -0.130. The lowest BCUT2D eigenvalue weighted by Gasteiger charge is -2.36. The second-order valence-corrected chi connectivity index (χ2v) is 6.99. The van der Waals surface area contributed by atoms with Gasteiger partial charge in [0.2, 0.25) is 5.91 Å². The standard InChI is InChI=1S/C19H27N3O3/c1-5-15-8-6-7-9-16(15)21-10-12-22(13-11-21)17(23)14-20-18(24)25-19(2,3)4/h5-9H,1,10-14H2,2-4H3,(H,20,24). The number of nitrogens with zero attached hydrogens (tertiary/aromatic N) is 2. The molecular weight excluding hydrogens is 318 g/mol. The zero-order chi connectivity index (χ0) is 18.4. The van der Waals surface area contributed by atoms with E-state index < -0.39 is 11.7 Å². The molecule has 1 heterocycles. The van der Waals surface area contributed by atoms with Gasteiger partial charge in [0.05, 0.1) is 0 Å². The van der Waals surface area contributed by atoms with Gasteiger partial charge in [-0.15, -0.1) is 0 Å². The van der Waals surface area contributed by atoms with Crippen LogP contribution in [0.25, 0.3) is 6.08 Å². The highest BCUT2D eigenvalue weighted by Crippen LogP contribution is 2.22. The van der Waals surface area contributed by atoms with E-state index in [9.17, 15) is 9.59 Å². The van der Waals surface area contributed by atoms with Crippen molar-refractivity contribution in [1.29, 1.82) is 0 Å². The van der Waals surface area contributed by atoms with Gasteiger partial charge in [-0.3, -0.25) is 4.79 Å². The van der Waals surface area contributed by atoms with E-state index in [0.29, 0.717) is 13.1 Å². The fourth-order valence-electron chi connectivity index (χ4n) is 2.72. The van der Waals surface area contributed by atoms with E-state index in [-0.39, 0.29) is 12.5 Å². The predicted octanol–water partition coefficient (Wildman–Crippen LogP) is 2.50. The highest BCUT2D eigenvalue weighted by Gasteiger charge is 2.23. The lowest BCUT2D eigenvalue weighted by Crippen LogP contribution is -2.51. The van der Waals surface area contributed by atoms with Gasteiger partial charge in [-0.25, -0.2) is 4.79 Å². The third kappa shape index (κ3) is 5.52. The van der Waals surface area contributed by atoms with E-state index in [0.717, 1.165) is 24.3 Å². The van der Waals surface area contributed by atoms with Crippen LogP contribution in [-0.4, -0.2) is 55.2 Å². The first-order valence-corrected chi connectivity index (χ1v) is 8.51. The lowest BCUT2D eigenvalue weighted by atomic mass is 10.1. The maximum atomic E-state index is 12.3. The number of amides is 2. The van der Waals surface area contributed by atoms with Crippen LogP contribution in [0, 0.1) is 0 Å². The highest BCUT2D eigenvalue weighted by atomic mass is 16.6. The van der Waals surface area contributed by atoms with Gasteiger partial charge >= 0.3 is 6.09 Å². The highest BCUT2D eigenvalue weighted by molar-refractivity contribution is 5.82. The van der Waals surface area contributed by atoms with Crippen molar-refractivity contribution in [3.63, 3.8) is 0 Å². The Hall–Kier alpha value is -2.50. The molecule has 0 saturated carbocycles.